The van der Waals surface area contributed by atoms with Crippen LogP contribution in [0.25, 0.3) is 0 Å². The second-order valence-corrected chi connectivity index (χ2v) is 6.34. The summed E-state index contributed by atoms with van der Waals surface area (Å²) in [5.41, 5.74) is 5.05. The van der Waals surface area contributed by atoms with Crippen LogP contribution < -0.4 is 4.90 Å². The Kier molecular flexibility index (Phi) is 3.05. The largest absolute Gasteiger partial charge is 0.351 e. The first kappa shape index (κ1) is 12.9. The quantitative estimate of drug-likeness (QED) is 0.773. The average molecular weight is 259 g/mol. The van der Waals surface area contributed by atoms with Crippen LogP contribution in [0, 0.1) is 20.8 Å². The molecule has 19 heavy (non-hydrogen) atoms. The Morgan fingerprint density at radius 3 is 2.53 bits per heavy atom. The molecule has 3 atom stereocenters. The van der Waals surface area contributed by atoms with Gasteiger partial charge < -0.3 is 4.90 Å². The Labute approximate surface area is 116 Å². The van der Waals surface area contributed by atoms with Crippen LogP contribution in [-0.4, -0.2) is 35.2 Å². The van der Waals surface area contributed by atoms with Gasteiger partial charge in [-0.1, -0.05) is 0 Å². The van der Waals surface area contributed by atoms with Crippen LogP contribution in [0.2, 0.25) is 0 Å². The van der Waals surface area contributed by atoms with Crippen LogP contribution in [0.1, 0.15) is 43.1 Å². The lowest BCUT2D eigenvalue weighted by Gasteiger charge is -2.47. The van der Waals surface area contributed by atoms with Crippen LogP contribution in [0.4, 0.5) is 5.69 Å². The minimum absolute atomic E-state index is 0.480. The second-order valence-electron chi connectivity index (χ2n) is 6.34. The summed E-state index contributed by atoms with van der Waals surface area (Å²) in [4.78, 5) is 9.86. The Balaban J connectivity index is 2.06. The highest BCUT2D eigenvalue weighted by Gasteiger charge is 2.42. The van der Waals surface area contributed by atoms with E-state index in [0.29, 0.717) is 12.2 Å². The summed E-state index contributed by atoms with van der Waals surface area (Å²) in [6.07, 6.45) is 4.46. The zero-order valence-electron chi connectivity index (χ0n) is 12.8. The third-order valence-corrected chi connectivity index (χ3v) is 5.08. The molecule has 104 valence electrons. The van der Waals surface area contributed by atoms with E-state index in [4.69, 9.17) is 4.98 Å². The molecule has 1 aliphatic heterocycles. The third-order valence-electron chi connectivity index (χ3n) is 5.08. The van der Waals surface area contributed by atoms with Crippen molar-refractivity contribution >= 4 is 5.69 Å². The number of nitrogens with zero attached hydrogens (tertiary/aromatic N) is 3. The third kappa shape index (κ3) is 1.95. The molecular formula is C16H25N3. The maximum atomic E-state index is 4.69. The van der Waals surface area contributed by atoms with Gasteiger partial charge in [0.25, 0.3) is 0 Å². The number of aryl methyl sites for hydroxylation is 3. The van der Waals surface area contributed by atoms with Gasteiger partial charge in [-0.25, -0.2) is 0 Å². The first-order valence-corrected chi connectivity index (χ1v) is 7.44. The first-order valence-electron chi connectivity index (χ1n) is 7.44. The van der Waals surface area contributed by atoms with E-state index in [2.05, 4.69) is 50.6 Å². The summed E-state index contributed by atoms with van der Waals surface area (Å²) in [5.74, 6) is 0. The maximum absolute atomic E-state index is 4.69. The monoisotopic (exact) mass is 259 g/mol. The molecule has 0 aromatic carbocycles. The summed E-state index contributed by atoms with van der Waals surface area (Å²) < 4.78 is 0. The highest BCUT2D eigenvalue weighted by Crippen LogP contribution is 2.40. The molecular weight excluding hydrogens is 234 g/mol. The fourth-order valence-corrected chi connectivity index (χ4v) is 4.14. The van der Waals surface area contributed by atoms with Crippen molar-refractivity contribution in [2.75, 3.05) is 11.9 Å². The molecule has 2 fully saturated rings. The van der Waals surface area contributed by atoms with Gasteiger partial charge in [0.15, 0.2) is 0 Å². The fourth-order valence-electron chi connectivity index (χ4n) is 4.14. The maximum Gasteiger partial charge on any atom is 0.0795 e. The van der Waals surface area contributed by atoms with Crippen molar-refractivity contribution in [2.45, 2.75) is 65.2 Å². The van der Waals surface area contributed by atoms with Crippen molar-refractivity contribution in [3.63, 3.8) is 0 Å². The van der Waals surface area contributed by atoms with E-state index in [1.165, 1.54) is 36.2 Å². The van der Waals surface area contributed by atoms with Gasteiger partial charge in [-0.05, 0) is 65.6 Å². The number of hydrogen-bond donors (Lipinski definition) is 0. The highest BCUT2D eigenvalue weighted by molar-refractivity contribution is 5.59. The topological polar surface area (TPSA) is 19.4 Å². The average Bonchev–Trinajstić information content (AvgIpc) is 2.76. The number of pyridine rings is 1. The van der Waals surface area contributed by atoms with Crippen molar-refractivity contribution in [1.29, 1.82) is 0 Å². The summed E-state index contributed by atoms with van der Waals surface area (Å²) in [6.45, 7) is 8.80. The summed E-state index contributed by atoms with van der Waals surface area (Å²) in [7, 11) is 2.27. The van der Waals surface area contributed by atoms with Gasteiger partial charge in [0.2, 0.25) is 0 Å². The van der Waals surface area contributed by atoms with Crippen molar-refractivity contribution < 1.29 is 0 Å². The van der Waals surface area contributed by atoms with Crippen LogP contribution in [-0.2, 0) is 0 Å². The number of anilines is 1. The number of rotatable bonds is 1. The van der Waals surface area contributed by atoms with Crippen LogP contribution in [0.5, 0.6) is 0 Å². The summed E-state index contributed by atoms with van der Waals surface area (Å²) in [6, 6.07) is 3.71. The van der Waals surface area contributed by atoms with E-state index < -0.39 is 0 Å². The molecule has 0 radical (unpaired) electrons. The van der Waals surface area contributed by atoms with E-state index in [1.54, 1.807) is 0 Å². The molecule has 0 spiro atoms. The van der Waals surface area contributed by atoms with Crippen molar-refractivity contribution in [3.05, 3.63) is 23.0 Å². The molecule has 1 aromatic heterocycles. The highest BCUT2D eigenvalue weighted by atomic mass is 15.4. The second kappa shape index (κ2) is 4.48. The Morgan fingerprint density at radius 2 is 1.84 bits per heavy atom. The molecule has 2 unspecified atom stereocenters. The summed E-state index contributed by atoms with van der Waals surface area (Å²) in [5, 5.41) is 0. The lowest BCUT2D eigenvalue weighted by Crippen LogP contribution is -2.56. The Bertz CT molecular complexity index is 474. The van der Waals surface area contributed by atoms with Gasteiger partial charge in [0, 0.05) is 17.8 Å². The molecule has 1 saturated carbocycles. The van der Waals surface area contributed by atoms with Gasteiger partial charge in [0.1, 0.15) is 0 Å². The smallest absolute Gasteiger partial charge is 0.0795 e. The lowest BCUT2D eigenvalue weighted by atomic mass is 10.0. The predicted octanol–water partition coefficient (Wildman–Crippen LogP) is 3.03. The SMILES string of the molecule is Cc1cc(C)c(N2C3CCC(C3)N(C)[C@@H]2C)c(C)n1. The first-order chi connectivity index (χ1) is 8.99. The van der Waals surface area contributed by atoms with E-state index in [9.17, 15) is 0 Å². The molecule has 2 heterocycles. The molecule has 3 nitrogen and oxygen atoms in total. The zero-order valence-corrected chi connectivity index (χ0v) is 12.8. The summed E-state index contributed by atoms with van der Waals surface area (Å²) >= 11 is 0. The molecule has 2 bridgehead atoms. The lowest BCUT2D eigenvalue weighted by molar-refractivity contribution is 0.149. The van der Waals surface area contributed by atoms with Crippen LogP contribution >= 0.6 is 0 Å². The van der Waals surface area contributed by atoms with Gasteiger partial charge in [-0.2, -0.15) is 0 Å². The normalized spacial score (nSPS) is 31.0. The van der Waals surface area contributed by atoms with Gasteiger partial charge in [0.05, 0.1) is 17.5 Å². The fraction of sp³-hybridized carbons (Fsp3) is 0.688. The van der Waals surface area contributed by atoms with Crippen molar-refractivity contribution in [2.24, 2.45) is 0 Å². The molecule has 1 aliphatic carbocycles. The molecule has 1 aromatic rings. The Hall–Kier alpha value is -1.09. The standard InChI is InChI=1S/C16H25N3/c1-10-8-11(2)17-12(3)16(10)19-13(4)18(5)14-6-7-15(19)9-14/h8,13-15H,6-7,9H2,1-5H3/t13-,14?,15?/m0/s1. The van der Waals surface area contributed by atoms with E-state index in [1.807, 2.05) is 0 Å². The molecule has 3 rings (SSSR count). The number of hydrogen-bond acceptors (Lipinski definition) is 3. The van der Waals surface area contributed by atoms with Gasteiger partial charge in [-0.15, -0.1) is 0 Å². The predicted molar refractivity (Wildman–Crippen MR) is 79.6 cm³/mol. The van der Waals surface area contributed by atoms with Crippen LogP contribution in [0.15, 0.2) is 6.07 Å². The minimum atomic E-state index is 0.480. The molecule has 3 heteroatoms. The number of fused-ring (bicyclic) bond motifs is 2. The molecule has 0 N–H and O–H groups in total. The van der Waals surface area contributed by atoms with Crippen LogP contribution in [0.3, 0.4) is 0 Å². The van der Waals surface area contributed by atoms with Crippen molar-refractivity contribution in [3.8, 4) is 0 Å². The van der Waals surface area contributed by atoms with E-state index >= 15 is 0 Å². The molecule has 2 aliphatic rings. The molecule has 0 amide bonds. The van der Waals surface area contributed by atoms with Gasteiger partial charge in [-0.3, -0.25) is 9.88 Å². The van der Waals surface area contributed by atoms with Gasteiger partial charge >= 0.3 is 0 Å². The van der Waals surface area contributed by atoms with Crippen molar-refractivity contribution in [1.82, 2.24) is 9.88 Å². The Morgan fingerprint density at radius 1 is 1.16 bits per heavy atom. The minimum Gasteiger partial charge on any atom is -0.351 e. The zero-order chi connectivity index (χ0) is 13.7. The van der Waals surface area contributed by atoms with E-state index in [-0.39, 0.29) is 0 Å². The number of aromatic nitrogens is 1. The van der Waals surface area contributed by atoms with E-state index in [0.717, 1.165) is 11.7 Å². The molecule has 1 saturated heterocycles.